The van der Waals surface area contributed by atoms with Gasteiger partial charge < -0.3 is 5.73 Å². The average Bonchev–Trinajstić information content (AvgIpc) is 2.68. The van der Waals surface area contributed by atoms with E-state index in [1.54, 1.807) is 11.3 Å². The van der Waals surface area contributed by atoms with Crippen molar-refractivity contribution in [1.82, 2.24) is 0 Å². The topological polar surface area (TPSA) is 26.0 Å². The molecule has 1 saturated carbocycles. The molecule has 2 rings (SSSR count). The molecule has 0 aromatic carbocycles. The summed E-state index contributed by atoms with van der Waals surface area (Å²) in [6.07, 6.45) is 10.5. The molecule has 1 fully saturated rings. The van der Waals surface area contributed by atoms with E-state index in [-0.39, 0.29) is 0 Å². The predicted octanol–water partition coefficient (Wildman–Crippen LogP) is 5.40. The maximum absolute atomic E-state index is 6.09. The number of hydrogen-bond donors (Lipinski definition) is 1. The van der Waals surface area contributed by atoms with E-state index in [9.17, 15) is 0 Å². The molecule has 1 aromatic heterocycles. The van der Waals surface area contributed by atoms with Crippen LogP contribution in [-0.4, -0.2) is 6.54 Å². The summed E-state index contributed by atoms with van der Waals surface area (Å²) in [5, 5.41) is 0.853. The van der Waals surface area contributed by atoms with Crippen LogP contribution in [0.1, 0.15) is 49.8 Å². The first kappa shape index (κ1) is 14.8. The Kier molecular flexibility index (Phi) is 5.55. The summed E-state index contributed by atoms with van der Waals surface area (Å²) in [7, 11) is 0. The van der Waals surface area contributed by atoms with E-state index in [0.29, 0.717) is 5.41 Å². The minimum atomic E-state index is 0.510. The van der Waals surface area contributed by atoms with Crippen LogP contribution in [0.4, 0.5) is 0 Å². The van der Waals surface area contributed by atoms with Crippen molar-refractivity contribution in [3.05, 3.63) is 19.8 Å². The molecule has 102 valence electrons. The monoisotopic (exact) mass is 349 g/mol. The molecular formula is C14H21BrClNS. The van der Waals surface area contributed by atoms with E-state index < -0.39 is 0 Å². The Morgan fingerprint density at radius 2 is 2.00 bits per heavy atom. The number of aryl methyl sites for hydroxylation is 1. The third-order valence-electron chi connectivity index (χ3n) is 4.19. The second-order valence-corrected chi connectivity index (χ2v) is 8.30. The number of rotatable bonds is 5. The van der Waals surface area contributed by atoms with Gasteiger partial charge in [-0.05, 0) is 66.1 Å². The van der Waals surface area contributed by atoms with Gasteiger partial charge in [-0.2, -0.15) is 0 Å². The van der Waals surface area contributed by atoms with Crippen LogP contribution in [0.2, 0.25) is 5.02 Å². The van der Waals surface area contributed by atoms with Gasteiger partial charge >= 0.3 is 0 Å². The van der Waals surface area contributed by atoms with Crippen molar-refractivity contribution in [1.29, 1.82) is 0 Å². The Morgan fingerprint density at radius 3 is 2.56 bits per heavy atom. The summed E-state index contributed by atoms with van der Waals surface area (Å²) < 4.78 is 1.07. The van der Waals surface area contributed by atoms with Gasteiger partial charge in [0.1, 0.15) is 0 Å². The first-order chi connectivity index (χ1) is 8.65. The molecule has 4 heteroatoms. The number of hydrogen-bond acceptors (Lipinski definition) is 2. The van der Waals surface area contributed by atoms with E-state index >= 15 is 0 Å². The molecule has 0 amide bonds. The van der Waals surface area contributed by atoms with E-state index in [1.807, 2.05) is 0 Å². The summed E-state index contributed by atoms with van der Waals surface area (Å²) in [5.41, 5.74) is 6.33. The molecule has 2 N–H and O–H groups in total. The Bertz CT molecular complexity index is 360. The SMILES string of the molecule is NCCC1(CCc2cc(Cl)c(Br)s2)CCCCC1. The molecule has 0 saturated heterocycles. The Hall–Kier alpha value is 0.430. The zero-order chi connectivity index (χ0) is 13.0. The lowest BCUT2D eigenvalue weighted by molar-refractivity contribution is 0.161. The lowest BCUT2D eigenvalue weighted by atomic mass is 9.69. The standard InChI is InChI=1S/C14H21BrClNS/c15-13-12(16)10-11(18-13)4-7-14(8-9-17)5-2-1-3-6-14/h10H,1-9,17H2. The Labute approximate surface area is 127 Å². The normalized spacial score (nSPS) is 19.1. The summed E-state index contributed by atoms with van der Waals surface area (Å²) in [6.45, 7) is 0.828. The molecule has 0 unspecified atom stereocenters. The minimum absolute atomic E-state index is 0.510. The van der Waals surface area contributed by atoms with Crippen molar-refractivity contribution in [3.8, 4) is 0 Å². The van der Waals surface area contributed by atoms with Gasteiger partial charge in [-0.1, -0.05) is 30.9 Å². The minimum Gasteiger partial charge on any atom is -0.330 e. The van der Waals surface area contributed by atoms with Gasteiger partial charge in [0.2, 0.25) is 0 Å². The molecule has 1 nitrogen and oxygen atoms in total. The first-order valence-electron chi connectivity index (χ1n) is 6.79. The number of nitrogens with two attached hydrogens (primary N) is 1. The van der Waals surface area contributed by atoms with Gasteiger partial charge in [-0.3, -0.25) is 0 Å². The molecule has 1 aliphatic rings. The molecule has 0 aliphatic heterocycles. The highest BCUT2D eigenvalue weighted by atomic mass is 79.9. The summed E-state index contributed by atoms with van der Waals surface area (Å²) in [4.78, 5) is 1.40. The quantitative estimate of drug-likeness (QED) is 0.756. The highest BCUT2D eigenvalue weighted by molar-refractivity contribution is 9.11. The predicted molar refractivity (Wildman–Crippen MR) is 84.5 cm³/mol. The largest absolute Gasteiger partial charge is 0.330 e. The van der Waals surface area contributed by atoms with Crippen molar-refractivity contribution in [3.63, 3.8) is 0 Å². The van der Waals surface area contributed by atoms with Crippen LogP contribution >= 0.6 is 38.9 Å². The van der Waals surface area contributed by atoms with Crippen molar-refractivity contribution in [2.24, 2.45) is 11.1 Å². The highest BCUT2D eigenvalue weighted by Crippen LogP contribution is 2.43. The maximum Gasteiger partial charge on any atom is 0.0887 e. The van der Waals surface area contributed by atoms with Crippen LogP contribution < -0.4 is 5.73 Å². The lowest BCUT2D eigenvalue weighted by Gasteiger charge is -2.37. The van der Waals surface area contributed by atoms with Gasteiger partial charge in [0, 0.05) is 4.88 Å². The molecule has 1 aromatic rings. The number of halogens is 2. The fourth-order valence-electron chi connectivity index (χ4n) is 3.14. The Balaban J connectivity index is 1.96. The summed E-state index contributed by atoms with van der Waals surface area (Å²) in [5.74, 6) is 0. The van der Waals surface area contributed by atoms with E-state index in [1.165, 1.54) is 49.8 Å². The summed E-state index contributed by atoms with van der Waals surface area (Å²) in [6, 6.07) is 2.11. The molecule has 0 spiro atoms. The summed E-state index contributed by atoms with van der Waals surface area (Å²) >= 11 is 11.4. The highest BCUT2D eigenvalue weighted by Gasteiger charge is 2.30. The second kappa shape index (κ2) is 6.74. The molecule has 1 heterocycles. The van der Waals surface area contributed by atoms with Gasteiger partial charge in [-0.15, -0.1) is 11.3 Å². The van der Waals surface area contributed by atoms with Crippen LogP contribution in [0.25, 0.3) is 0 Å². The lowest BCUT2D eigenvalue weighted by Crippen LogP contribution is -2.27. The van der Waals surface area contributed by atoms with Crippen molar-refractivity contribution >= 4 is 38.9 Å². The fourth-order valence-corrected chi connectivity index (χ4v) is 4.95. The van der Waals surface area contributed by atoms with Crippen LogP contribution in [0, 0.1) is 5.41 Å². The Morgan fingerprint density at radius 1 is 1.28 bits per heavy atom. The van der Waals surface area contributed by atoms with Gasteiger partial charge in [0.05, 0.1) is 8.81 Å². The fraction of sp³-hybridized carbons (Fsp3) is 0.714. The van der Waals surface area contributed by atoms with Crippen molar-refractivity contribution in [2.45, 2.75) is 51.4 Å². The molecule has 1 aliphatic carbocycles. The van der Waals surface area contributed by atoms with Crippen LogP contribution in [0.5, 0.6) is 0 Å². The van der Waals surface area contributed by atoms with Gasteiger partial charge in [0.25, 0.3) is 0 Å². The molecule has 0 bridgehead atoms. The van der Waals surface area contributed by atoms with Crippen LogP contribution in [-0.2, 0) is 6.42 Å². The molecule has 18 heavy (non-hydrogen) atoms. The average molecular weight is 351 g/mol. The van der Waals surface area contributed by atoms with Crippen molar-refractivity contribution < 1.29 is 0 Å². The maximum atomic E-state index is 6.09. The van der Waals surface area contributed by atoms with E-state index in [0.717, 1.165) is 21.8 Å². The second-order valence-electron chi connectivity index (χ2n) is 5.43. The van der Waals surface area contributed by atoms with Gasteiger partial charge in [0.15, 0.2) is 0 Å². The molecular weight excluding hydrogens is 330 g/mol. The van der Waals surface area contributed by atoms with Crippen LogP contribution in [0.15, 0.2) is 9.85 Å². The third-order valence-corrected chi connectivity index (χ3v) is 6.72. The zero-order valence-corrected chi connectivity index (χ0v) is 13.8. The smallest absolute Gasteiger partial charge is 0.0887 e. The van der Waals surface area contributed by atoms with Crippen LogP contribution in [0.3, 0.4) is 0 Å². The third kappa shape index (κ3) is 3.72. The van der Waals surface area contributed by atoms with Crippen molar-refractivity contribution in [2.75, 3.05) is 6.54 Å². The molecule has 0 atom stereocenters. The van der Waals surface area contributed by atoms with E-state index in [2.05, 4.69) is 22.0 Å². The van der Waals surface area contributed by atoms with Gasteiger partial charge in [-0.25, -0.2) is 0 Å². The first-order valence-corrected chi connectivity index (χ1v) is 8.78. The number of thiophene rings is 1. The van der Waals surface area contributed by atoms with E-state index in [4.69, 9.17) is 17.3 Å². The zero-order valence-electron chi connectivity index (χ0n) is 10.7. The molecule has 0 radical (unpaired) electrons.